The zero-order valence-electron chi connectivity index (χ0n) is 7.63. The molecular weight excluding hydrogens is 190 g/mol. The number of halogens is 2. The van der Waals surface area contributed by atoms with Crippen LogP contribution in [0.3, 0.4) is 0 Å². The standard InChI is InChI=1S/C10H10F2O2/c1-14-8-4-2-3-7(5-8)9(6-13)10(11)12/h2-5,13H,6H2,1H3. The molecular formula is C10H10F2O2. The highest BCUT2D eigenvalue weighted by atomic mass is 19.3. The van der Waals surface area contributed by atoms with Crippen LogP contribution < -0.4 is 4.74 Å². The lowest BCUT2D eigenvalue weighted by Gasteiger charge is -2.05. The number of hydrogen-bond acceptors (Lipinski definition) is 2. The molecule has 0 atom stereocenters. The van der Waals surface area contributed by atoms with Gasteiger partial charge in [-0.15, -0.1) is 0 Å². The second-order valence-electron chi connectivity index (χ2n) is 2.63. The Bertz CT molecular complexity index is 344. The maximum absolute atomic E-state index is 12.3. The second-order valence-corrected chi connectivity index (χ2v) is 2.63. The van der Waals surface area contributed by atoms with Crippen LogP contribution in [-0.4, -0.2) is 18.8 Å². The number of methoxy groups -OCH3 is 1. The SMILES string of the molecule is COc1cccc(C(CO)=C(F)F)c1. The fourth-order valence-corrected chi connectivity index (χ4v) is 1.07. The summed E-state index contributed by atoms with van der Waals surface area (Å²) in [6.07, 6.45) is -1.87. The molecule has 0 amide bonds. The minimum atomic E-state index is -1.87. The molecule has 0 heterocycles. The third-order valence-corrected chi connectivity index (χ3v) is 1.80. The van der Waals surface area contributed by atoms with E-state index in [1.54, 1.807) is 12.1 Å². The van der Waals surface area contributed by atoms with E-state index in [0.717, 1.165) is 0 Å². The predicted molar refractivity (Wildman–Crippen MR) is 49.2 cm³/mol. The number of hydrogen-bond donors (Lipinski definition) is 1. The topological polar surface area (TPSA) is 29.5 Å². The lowest BCUT2D eigenvalue weighted by atomic mass is 10.1. The van der Waals surface area contributed by atoms with E-state index in [2.05, 4.69) is 0 Å². The lowest BCUT2D eigenvalue weighted by Crippen LogP contribution is -1.93. The predicted octanol–water partition coefficient (Wildman–Crippen LogP) is 2.30. The van der Waals surface area contributed by atoms with Gasteiger partial charge >= 0.3 is 0 Å². The monoisotopic (exact) mass is 200 g/mol. The highest BCUT2D eigenvalue weighted by Gasteiger charge is 2.08. The van der Waals surface area contributed by atoms with Crippen molar-refractivity contribution in [3.8, 4) is 5.75 Å². The molecule has 2 nitrogen and oxygen atoms in total. The molecule has 76 valence electrons. The number of aliphatic hydroxyl groups is 1. The molecule has 1 N–H and O–H groups in total. The smallest absolute Gasteiger partial charge is 0.276 e. The van der Waals surface area contributed by atoms with Gasteiger partial charge in [0.1, 0.15) is 5.75 Å². The van der Waals surface area contributed by atoms with Crippen LogP contribution in [0.1, 0.15) is 5.56 Å². The van der Waals surface area contributed by atoms with E-state index in [-0.39, 0.29) is 11.1 Å². The Morgan fingerprint density at radius 1 is 1.43 bits per heavy atom. The van der Waals surface area contributed by atoms with E-state index in [1.165, 1.54) is 19.2 Å². The first-order chi connectivity index (χ1) is 6.69. The molecule has 0 unspecified atom stereocenters. The van der Waals surface area contributed by atoms with Crippen molar-refractivity contribution in [2.45, 2.75) is 0 Å². The van der Waals surface area contributed by atoms with E-state index in [1.807, 2.05) is 0 Å². The van der Waals surface area contributed by atoms with Crippen molar-refractivity contribution in [3.63, 3.8) is 0 Å². The van der Waals surface area contributed by atoms with Gasteiger partial charge in [-0.2, -0.15) is 8.78 Å². The quantitative estimate of drug-likeness (QED) is 0.811. The van der Waals surface area contributed by atoms with E-state index in [4.69, 9.17) is 9.84 Å². The Morgan fingerprint density at radius 2 is 2.14 bits per heavy atom. The van der Waals surface area contributed by atoms with Crippen LogP contribution in [-0.2, 0) is 0 Å². The Morgan fingerprint density at radius 3 is 2.64 bits per heavy atom. The summed E-state index contributed by atoms with van der Waals surface area (Å²) in [7, 11) is 1.45. The van der Waals surface area contributed by atoms with Crippen LogP contribution in [0.25, 0.3) is 5.57 Å². The van der Waals surface area contributed by atoms with Crippen LogP contribution in [0.5, 0.6) is 5.75 Å². The second kappa shape index (κ2) is 4.72. The van der Waals surface area contributed by atoms with Crippen molar-refractivity contribution in [1.29, 1.82) is 0 Å². The molecule has 0 aromatic heterocycles. The van der Waals surface area contributed by atoms with Gasteiger partial charge < -0.3 is 9.84 Å². The fourth-order valence-electron chi connectivity index (χ4n) is 1.07. The Kier molecular flexibility index (Phi) is 3.59. The first kappa shape index (κ1) is 10.7. The van der Waals surface area contributed by atoms with E-state index in [0.29, 0.717) is 5.75 Å². The number of ether oxygens (including phenoxy) is 1. The van der Waals surface area contributed by atoms with E-state index in [9.17, 15) is 8.78 Å². The maximum Gasteiger partial charge on any atom is 0.276 e. The van der Waals surface area contributed by atoms with Gasteiger partial charge in [-0.25, -0.2) is 0 Å². The maximum atomic E-state index is 12.3. The largest absolute Gasteiger partial charge is 0.497 e. The summed E-state index contributed by atoms with van der Waals surface area (Å²) in [5, 5.41) is 8.73. The third-order valence-electron chi connectivity index (χ3n) is 1.80. The van der Waals surface area contributed by atoms with Gasteiger partial charge in [0.2, 0.25) is 0 Å². The summed E-state index contributed by atoms with van der Waals surface area (Å²) in [4.78, 5) is 0. The minimum Gasteiger partial charge on any atom is -0.497 e. The van der Waals surface area contributed by atoms with Gasteiger partial charge in [-0.3, -0.25) is 0 Å². The summed E-state index contributed by atoms with van der Waals surface area (Å²) in [5.41, 5.74) is -0.101. The zero-order chi connectivity index (χ0) is 10.6. The van der Waals surface area contributed by atoms with Crippen molar-refractivity contribution in [3.05, 3.63) is 35.9 Å². The van der Waals surface area contributed by atoms with Crippen LogP contribution in [0.2, 0.25) is 0 Å². The summed E-state index contributed by atoms with van der Waals surface area (Å²) in [6, 6.07) is 6.18. The van der Waals surface area contributed by atoms with Crippen LogP contribution in [0.15, 0.2) is 30.3 Å². The Labute approximate surface area is 80.4 Å². The summed E-state index contributed by atoms with van der Waals surface area (Å²) in [6.45, 7) is -0.685. The molecule has 0 aliphatic rings. The minimum absolute atomic E-state index is 0.270. The fraction of sp³-hybridized carbons (Fsp3) is 0.200. The van der Waals surface area contributed by atoms with Crippen molar-refractivity contribution in [2.24, 2.45) is 0 Å². The van der Waals surface area contributed by atoms with Crippen LogP contribution in [0.4, 0.5) is 8.78 Å². The molecule has 0 saturated heterocycles. The van der Waals surface area contributed by atoms with Crippen molar-refractivity contribution in [2.75, 3.05) is 13.7 Å². The molecule has 0 fully saturated rings. The molecule has 0 bridgehead atoms. The Balaban J connectivity index is 3.12. The van der Waals surface area contributed by atoms with Crippen LogP contribution >= 0.6 is 0 Å². The first-order valence-corrected chi connectivity index (χ1v) is 3.98. The molecule has 0 aliphatic carbocycles. The van der Waals surface area contributed by atoms with Crippen molar-refractivity contribution < 1.29 is 18.6 Å². The van der Waals surface area contributed by atoms with Gasteiger partial charge in [0.05, 0.1) is 19.3 Å². The number of rotatable bonds is 3. The molecule has 0 spiro atoms. The zero-order valence-corrected chi connectivity index (χ0v) is 7.63. The van der Waals surface area contributed by atoms with Gasteiger partial charge in [0.25, 0.3) is 6.08 Å². The average molecular weight is 200 g/mol. The van der Waals surface area contributed by atoms with Crippen molar-refractivity contribution >= 4 is 5.57 Å². The average Bonchev–Trinajstić information content (AvgIpc) is 2.19. The highest BCUT2D eigenvalue weighted by Crippen LogP contribution is 2.23. The summed E-state index contributed by atoms with van der Waals surface area (Å²) in [5.74, 6) is 0.481. The van der Waals surface area contributed by atoms with Gasteiger partial charge in [-0.05, 0) is 17.7 Å². The van der Waals surface area contributed by atoms with E-state index >= 15 is 0 Å². The summed E-state index contributed by atoms with van der Waals surface area (Å²) < 4.78 is 29.5. The molecule has 0 saturated carbocycles. The number of aliphatic hydroxyl groups excluding tert-OH is 1. The molecule has 1 rings (SSSR count). The molecule has 14 heavy (non-hydrogen) atoms. The lowest BCUT2D eigenvalue weighted by molar-refractivity contribution is 0.337. The van der Waals surface area contributed by atoms with Gasteiger partial charge in [0.15, 0.2) is 0 Å². The molecule has 0 radical (unpaired) electrons. The van der Waals surface area contributed by atoms with Gasteiger partial charge in [0, 0.05) is 0 Å². The highest BCUT2D eigenvalue weighted by molar-refractivity contribution is 5.67. The molecule has 1 aromatic rings. The van der Waals surface area contributed by atoms with E-state index < -0.39 is 12.7 Å². The van der Waals surface area contributed by atoms with Crippen LogP contribution in [0, 0.1) is 0 Å². The van der Waals surface area contributed by atoms with Crippen molar-refractivity contribution in [1.82, 2.24) is 0 Å². The van der Waals surface area contributed by atoms with Gasteiger partial charge in [-0.1, -0.05) is 12.1 Å². The summed E-state index contributed by atoms with van der Waals surface area (Å²) >= 11 is 0. The Hall–Kier alpha value is -1.42. The number of benzene rings is 1. The molecule has 1 aromatic carbocycles. The molecule has 0 aliphatic heterocycles. The first-order valence-electron chi connectivity index (χ1n) is 3.98. The normalized spacial score (nSPS) is 9.71. The molecule has 4 heteroatoms. The third kappa shape index (κ3) is 2.29.